The fourth-order valence-electron chi connectivity index (χ4n) is 1.30. The number of amides is 1. The maximum atomic E-state index is 11.8. The number of rotatable bonds is 2. The quantitative estimate of drug-likeness (QED) is 0.807. The Kier molecular flexibility index (Phi) is 3.77. The van der Waals surface area contributed by atoms with Gasteiger partial charge in [0.05, 0.1) is 22.9 Å². The van der Waals surface area contributed by atoms with Gasteiger partial charge in [-0.05, 0) is 13.0 Å². The van der Waals surface area contributed by atoms with Crippen molar-refractivity contribution in [1.82, 2.24) is 4.98 Å². The number of hydrogen-bond donors (Lipinski definition) is 2. The van der Waals surface area contributed by atoms with E-state index in [0.717, 1.165) is 0 Å². The molecule has 1 amide bonds. The normalized spacial score (nSPS) is 9.67. The van der Waals surface area contributed by atoms with Crippen LogP contribution >= 0.6 is 11.3 Å². The van der Waals surface area contributed by atoms with E-state index in [4.69, 9.17) is 9.52 Å². The van der Waals surface area contributed by atoms with Gasteiger partial charge in [0.1, 0.15) is 12.4 Å². The Balaban J connectivity index is 2.08. The third-order valence-corrected chi connectivity index (χ3v) is 2.95. The minimum Gasteiger partial charge on any atom is -0.469 e. The van der Waals surface area contributed by atoms with E-state index in [0.29, 0.717) is 21.3 Å². The first kappa shape index (κ1) is 12.4. The molecule has 18 heavy (non-hydrogen) atoms. The number of aromatic nitrogens is 1. The van der Waals surface area contributed by atoms with Crippen LogP contribution in [0.1, 0.15) is 21.0 Å². The summed E-state index contributed by atoms with van der Waals surface area (Å²) in [5.74, 6) is 5.53. The number of furan rings is 1. The number of hydrogen-bond acceptors (Lipinski definition) is 5. The highest BCUT2D eigenvalue weighted by Crippen LogP contribution is 2.18. The van der Waals surface area contributed by atoms with Gasteiger partial charge in [-0.2, -0.15) is 0 Å². The number of aryl methyl sites for hydroxylation is 1. The zero-order chi connectivity index (χ0) is 13.0. The van der Waals surface area contributed by atoms with Crippen molar-refractivity contribution >= 4 is 22.4 Å². The summed E-state index contributed by atoms with van der Waals surface area (Å²) < 4.78 is 5.05. The second kappa shape index (κ2) is 5.49. The van der Waals surface area contributed by atoms with Gasteiger partial charge in [-0.3, -0.25) is 10.1 Å². The largest absolute Gasteiger partial charge is 0.469 e. The molecule has 0 saturated heterocycles. The monoisotopic (exact) mass is 262 g/mol. The summed E-state index contributed by atoms with van der Waals surface area (Å²) in [4.78, 5) is 16.5. The topological polar surface area (TPSA) is 75.4 Å². The molecule has 0 fully saturated rings. The molecule has 0 unspecified atom stereocenters. The highest BCUT2D eigenvalue weighted by atomic mass is 32.1. The van der Waals surface area contributed by atoms with Crippen LogP contribution in [0.5, 0.6) is 0 Å². The van der Waals surface area contributed by atoms with Crippen molar-refractivity contribution in [3.8, 4) is 11.8 Å². The summed E-state index contributed by atoms with van der Waals surface area (Å²) in [6, 6.07) is 1.60. The highest BCUT2D eigenvalue weighted by molar-refractivity contribution is 7.16. The molecule has 2 N–H and O–H groups in total. The van der Waals surface area contributed by atoms with Crippen LogP contribution in [-0.2, 0) is 0 Å². The van der Waals surface area contributed by atoms with Gasteiger partial charge >= 0.3 is 0 Å². The molecule has 0 radical (unpaired) electrons. The molecule has 2 rings (SSSR count). The van der Waals surface area contributed by atoms with E-state index >= 15 is 0 Å². The predicted octanol–water partition coefficient (Wildman–Crippen LogP) is 1.64. The molecule has 0 aliphatic heterocycles. The van der Waals surface area contributed by atoms with Crippen molar-refractivity contribution in [2.75, 3.05) is 11.9 Å². The third kappa shape index (κ3) is 2.77. The smallest absolute Gasteiger partial charge is 0.260 e. The molecular formula is C12H10N2O3S. The van der Waals surface area contributed by atoms with E-state index in [1.165, 1.54) is 17.6 Å². The summed E-state index contributed by atoms with van der Waals surface area (Å²) in [7, 11) is 0. The van der Waals surface area contributed by atoms with Gasteiger partial charge in [0, 0.05) is 0 Å². The minimum atomic E-state index is -0.266. The molecule has 0 atom stereocenters. The number of anilines is 1. The standard InChI is InChI=1S/C12H10N2O3S/c1-8-10(4-6-17-8)11(16)14-12-13-7-9(18-12)3-2-5-15/h4,6-7,15H,5H2,1H3,(H,13,14,16). The van der Waals surface area contributed by atoms with E-state index in [9.17, 15) is 4.79 Å². The summed E-state index contributed by atoms with van der Waals surface area (Å²) in [6.45, 7) is 1.52. The number of carbonyl (C=O) groups is 1. The second-order valence-electron chi connectivity index (χ2n) is 3.33. The molecule has 0 aromatic carbocycles. The lowest BCUT2D eigenvalue weighted by atomic mass is 10.2. The fraction of sp³-hybridized carbons (Fsp3) is 0.167. The molecule has 6 heteroatoms. The minimum absolute atomic E-state index is 0.201. The van der Waals surface area contributed by atoms with Crippen LogP contribution in [0, 0.1) is 18.8 Å². The van der Waals surface area contributed by atoms with Gasteiger partial charge in [-0.15, -0.1) is 0 Å². The number of nitrogens with one attached hydrogen (secondary N) is 1. The maximum absolute atomic E-state index is 11.8. The van der Waals surface area contributed by atoms with E-state index in [1.807, 2.05) is 0 Å². The van der Waals surface area contributed by atoms with Crippen LogP contribution in [0.3, 0.4) is 0 Å². The molecule has 2 aromatic heterocycles. The number of aliphatic hydroxyl groups excluding tert-OH is 1. The number of carbonyl (C=O) groups excluding carboxylic acids is 1. The molecule has 5 nitrogen and oxygen atoms in total. The van der Waals surface area contributed by atoms with Crippen LogP contribution in [0.25, 0.3) is 0 Å². The first-order chi connectivity index (χ1) is 8.70. The first-order valence-corrected chi connectivity index (χ1v) is 5.93. The Labute approximate surface area is 107 Å². The van der Waals surface area contributed by atoms with Gasteiger partial charge in [-0.1, -0.05) is 23.2 Å². The van der Waals surface area contributed by atoms with Gasteiger partial charge < -0.3 is 9.52 Å². The third-order valence-electron chi connectivity index (χ3n) is 2.12. The maximum Gasteiger partial charge on any atom is 0.260 e. The van der Waals surface area contributed by atoms with Crippen molar-refractivity contribution in [3.63, 3.8) is 0 Å². The lowest BCUT2D eigenvalue weighted by molar-refractivity contribution is 0.102. The average molecular weight is 262 g/mol. The molecular weight excluding hydrogens is 252 g/mol. The molecule has 0 aliphatic rings. The lowest BCUT2D eigenvalue weighted by Gasteiger charge is -1.98. The summed E-state index contributed by atoms with van der Waals surface area (Å²) in [5, 5.41) is 11.7. The molecule has 2 heterocycles. The van der Waals surface area contributed by atoms with E-state index in [2.05, 4.69) is 22.1 Å². The summed E-state index contributed by atoms with van der Waals surface area (Å²) in [5.41, 5.74) is 0.480. The lowest BCUT2D eigenvalue weighted by Crippen LogP contribution is -2.11. The molecule has 92 valence electrons. The molecule has 0 saturated carbocycles. The van der Waals surface area contributed by atoms with E-state index < -0.39 is 0 Å². The Morgan fingerprint density at radius 3 is 3.17 bits per heavy atom. The zero-order valence-electron chi connectivity index (χ0n) is 9.56. The van der Waals surface area contributed by atoms with Gasteiger partial charge in [0.2, 0.25) is 0 Å². The number of nitrogens with zero attached hydrogens (tertiary/aromatic N) is 1. The van der Waals surface area contributed by atoms with Crippen molar-refractivity contribution in [3.05, 3.63) is 34.7 Å². The predicted molar refractivity (Wildman–Crippen MR) is 67.5 cm³/mol. The van der Waals surface area contributed by atoms with Crippen LogP contribution in [0.15, 0.2) is 22.9 Å². The van der Waals surface area contributed by atoms with Crippen LogP contribution < -0.4 is 5.32 Å². The Hall–Kier alpha value is -2.10. The van der Waals surface area contributed by atoms with Crippen molar-refractivity contribution in [1.29, 1.82) is 0 Å². The van der Waals surface area contributed by atoms with Gasteiger partial charge in [-0.25, -0.2) is 4.98 Å². The van der Waals surface area contributed by atoms with E-state index in [-0.39, 0.29) is 12.5 Å². The zero-order valence-corrected chi connectivity index (χ0v) is 10.4. The van der Waals surface area contributed by atoms with Crippen molar-refractivity contribution in [2.45, 2.75) is 6.92 Å². The van der Waals surface area contributed by atoms with Crippen molar-refractivity contribution in [2.24, 2.45) is 0 Å². The molecule has 0 bridgehead atoms. The van der Waals surface area contributed by atoms with E-state index in [1.54, 1.807) is 19.2 Å². The highest BCUT2D eigenvalue weighted by Gasteiger charge is 2.12. The Bertz CT molecular complexity index is 619. The number of thiazole rings is 1. The van der Waals surface area contributed by atoms with Crippen molar-refractivity contribution < 1.29 is 14.3 Å². The Morgan fingerprint density at radius 2 is 2.50 bits per heavy atom. The SMILES string of the molecule is Cc1occc1C(=O)Nc1ncc(C#CCO)s1. The Morgan fingerprint density at radius 1 is 1.67 bits per heavy atom. The molecule has 0 spiro atoms. The van der Waals surface area contributed by atoms with Gasteiger partial charge in [0.25, 0.3) is 5.91 Å². The van der Waals surface area contributed by atoms with Crippen LogP contribution in [0.2, 0.25) is 0 Å². The first-order valence-electron chi connectivity index (χ1n) is 5.11. The second-order valence-corrected chi connectivity index (χ2v) is 4.36. The average Bonchev–Trinajstić information content (AvgIpc) is 2.95. The van der Waals surface area contributed by atoms with Crippen LogP contribution in [0.4, 0.5) is 5.13 Å². The molecule has 2 aromatic rings. The number of aliphatic hydroxyl groups is 1. The van der Waals surface area contributed by atoms with Gasteiger partial charge in [0.15, 0.2) is 5.13 Å². The molecule has 0 aliphatic carbocycles. The summed E-state index contributed by atoms with van der Waals surface area (Å²) >= 11 is 1.25. The summed E-state index contributed by atoms with van der Waals surface area (Å²) in [6.07, 6.45) is 3.01. The van der Waals surface area contributed by atoms with Crippen LogP contribution in [-0.4, -0.2) is 22.6 Å². The fourth-order valence-corrected chi connectivity index (χ4v) is 1.99.